The maximum Gasteiger partial charge on any atom is 0.0478 e. The van der Waals surface area contributed by atoms with E-state index in [1.54, 1.807) is 0 Å². The molecule has 2 heterocycles. The summed E-state index contributed by atoms with van der Waals surface area (Å²) in [6.07, 6.45) is 5.43. The van der Waals surface area contributed by atoms with Crippen LogP contribution in [0.2, 0.25) is 0 Å². The van der Waals surface area contributed by atoms with E-state index in [1.807, 2.05) is 0 Å². The Labute approximate surface area is 117 Å². The van der Waals surface area contributed by atoms with E-state index >= 15 is 0 Å². The van der Waals surface area contributed by atoms with Crippen molar-refractivity contribution in [3.63, 3.8) is 0 Å². The summed E-state index contributed by atoms with van der Waals surface area (Å²) in [6, 6.07) is 10.1. The molecule has 17 heavy (non-hydrogen) atoms. The minimum absolute atomic E-state index is 0.672. The van der Waals surface area contributed by atoms with Gasteiger partial charge in [-0.2, -0.15) is 0 Å². The molecule has 2 saturated heterocycles. The number of benzene rings is 1. The van der Waals surface area contributed by atoms with Crippen molar-refractivity contribution in [2.24, 2.45) is 0 Å². The Kier molecular flexibility index (Phi) is 3.56. The summed E-state index contributed by atoms with van der Waals surface area (Å²) < 4.78 is 1.33. The van der Waals surface area contributed by atoms with Crippen LogP contribution in [-0.4, -0.2) is 30.1 Å². The number of nitrogens with one attached hydrogen (secondary N) is 1. The van der Waals surface area contributed by atoms with E-state index in [4.69, 9.17) is 0 Å². The van der Waals surface area contributed by atoms with E-state index in [-0.39, 0.29) is 0 Å². The van der Waals surface area contributed by atoms with Crippen molar-refractivity contribution < 1.29 is 0 Å². The molecule has 1 N–H and O–H groups in total. The second kappa shape index (κ2) is 5.14. The van der Waals surface area contributed by atoms with E-state index in [0.29, 0.717) is 6.04 Å². The number of hydrogen-bond donors (Lipinski definition) is 1. The van der Waals surface area contributed by atoms with Crippen LogP contribution in [0.4, 0.5) is 5.69 Å². The van der Waals surface area contributed by atoms with E-state index in [9.17, 15) is 0 Å². The van der Waals surface area contributed by atoms with Gasteiger partial charge in [-0.3, -0.25) is 0 Å². The zero-order valence-electron chi connectivity index (χ0n) is 10.0. The molecule has 1 aromatic rings. The van der Waals surface area contributed by atoms with Crippen LogP contribution in [0.5, 0.6) is 0 Å². The Balaban J connectivity index is 1.64. The standard InChI is InChI=1S/C14H19IN2/c15-13-5-1-2-6-14(13)16-11-7-9-17-8-3-4-12(17)10-11/h1-2,5-6,11-12,16H,3-4,7-10H2. The predicted molar refractivity (Wildman–Crippen MR) is 80.4 cm³/mol. The van der Waals surface area contributed by atoms with Gasteiger partial charge in [-0.1, -0.05) is 12.1 Å². The first-order chi connectivity index (χ1) is 8.33. The molecule has 0 spiro atoms. The summed E-state index contributed by atoms with van der Waals surface area (Å²) in [5.41, 5.74) is 1.31. The first-order valence-electron chi connectivity index (χ1n) is 6.58. The smallest absolute Gasteiger partial charge is 0.0478 e. The Morgan fingerprint density at radius 2 is 2.06 bits per heavy atom. The van der Waals surface area contributed by atoms with E-state index in [1.165, 1.54) is 48.0 Å². The summed E-state index contributed by atoms with van der Waals surface area (Å²) >= 11 is 2.41. The molecular weight excluding hydrogens is 323 g/mol. The van der Waals surface area contributed by atoms with Gasteiger partial charge in [-0.05, 0) is 67.0 Å². The number of rotatable bonds is 2. The quantitative estimate of drug-likeness (QED) is 0.830. The number of halogens is 1. The van der Waals surface area contributed by atoms with Crippen molar-refractivity contribution in [2.45, 2.75) is 37.8 Å². The summed E-state index contributed by atoms with van der Waals surface area (Å²) in [6.45, 7) is 2.62. The second-order valence-electron chi connectivity index (χ2n) is 5.18. The minimum atomic E-state index is 0.672. The zero-order valence-corrected chi connectivity index (χ0v) is 12.2. The molecule has 92 valence electrons. The van der Waals surface area contributed by atoms with Crippen LogP contribution in [0.3, 0.4) is 0 Å². The minimum Gasteiger partial charge on any atom is -0.381 e. The molecule has 0 saturated carbocycles. The van der Waals surface area contributed by atoms with Gasteiger partial charge in [-0.15, -0.1) is 0 Å². The van der Waals surface area contributed by atoms with E-state index in [0.717, 1.165) is 6.04 Å². The first-order valence-corrected chi connectivity index (χ1v) is 7.66. The fourth-order valence-electron chi connectivity index (χ4n) is 3.15. The molecule has 2 nitrogen and oxygen atoms in total. The molecule has 1 aromatic carbocycles. The highest BCUT2D eigenvalue weighted by molar-refractivity contribution is 14.1. The second-order valence-corrected chi connectivity index (χ2v) is 6.34. The highest BCUT2D eigenvalue weighted by Crippen LogP contribution is 2.29. The van der Waals surface area contributed by atoms with Gasteiger partial charge in [0, 0.05) is 27.9 Å². The lowest BCUT2D eigenvalue weighted by atomic mass is 9.97. The third-order valence-corrected chi connectivity index (χ3v) is 4.99. The van der Waals surface area contributed by atoms with Gasteiger partial charge in [0.1, 0.15) is 0 Å². The zero-order chi connectivity index (χ0) is 11.7. The Morgan fingerprint density at radius 1 is 1.18 bits per heavy atom. The van der Waals surface area contributed by atoms with Gasteiger partial charge in [0.15, 0.2) is 0 Å². The molecule has 0 aliphatic carbocycles. The Morgan fingerprint density at radius 3 is 2.94 bits per heavy atom. The number of piperidine rings is 1. The van der Waals surface area contributed by atoms with Gasteiger partial charge in [-0.25, -0.2) is 0 Å². The van der Waals surface area contributed by atoms with Gasteiger partial charge in [0.05, 0.1) is 0 Å². The van der Waals surface area contributed by atoms with Gasteiger partial charge in [0.2, 0.25) is 0 Å². The van der Waals surface area contributed by atoms with Crippen LogP contribution in [0.15, 0.2) is 24.3 Å². The first kappa shape index (κ1) is 11.8. The van der Waals surface area contributed by atoms with E-state index < -0.39 is 0 Å². The predicted octanol–water partition coefficient (Wildman–Crippen LogP) is 3.33. The normalized spacial score (nSPS) is 29.0. The average Bonchev–Trinajstić information content (AvgIpc) is 2.79. The third kappa shape index (κ3) is 2.60. The van der Waals surface area contributed by atoms with E-state index in [2.05, 4.69) is 57.1 Å². The number of nitrogens with zero attached hydrogens (tertiary/aromatic N) is 1. The Bertz CT molecular complexity index is 394. The fourth-order valence-corrected chi connectivity index (χ4v) is 3.70. The van der Waals surface area contributed by atoms with Crippen LogP contribution < -0.4 is 5.32 Å². The van der Waals surface area contributed by atoms with Crippen molar-refractivity contribution in [1.82, 2.24) is 4.90 Å². The van der Waals surface area contributed by atoms with Crippen molar-refractivity contribution in [2.75, 3.05) is 18.4 Å². The van der Waals surface area contributed by atoms with Crippen molar-refractivity contribution in [1.29, 1.82) is 0 Å². The third-order valence-electron chi connectivity index (χ3n) is 4.05. The van der Waals surface area contributed by atoms with Gasteiger partial charge < -0.3 is 10.2 Å². The molecular formula is C14H19IN2. The Hall–Kier alpha value is -0.290. The molecule has 2 atom stereocenters. The number of anilines is 1. The maximum atomic E-state index is 3.73. The summed E-state index contributed by atoms with van der Waals surface area (Å²) in [5.74, 6) is 0. The summed E-state index contributed by atoms with van der Waals surface area (Å²) in [7, 11) is 0. The van der Waals surface area contributed by atoms with Crippen LogP contribution in [-0.2, 0) is 0 Å². The monoisotopic (exact) mass is 342 g/mol. The lowest BCUT2D eigenvalue weighted by Crippen LogP contribution is -2.42. The molecule has 2 fully saturated rings. The average molecular weight is 342 g/mol. The molecule has 2 unspecified atom stereocenters. The number of fused-ring (bicyclic) bond motifs is 1. The molecule has 3 rings (SSSR count). The van der Waals surface area contributed by atoms with Crippen LogP contribution in [0, 0.1) is 3.57 Å². The highest BCUT2D eigenvalue weighted by Gasteiger charge is 2.31. The number of para-hydroxylation sites is 1. The largest absolute Gasteiger partial charge is 0.381 e. The van der Waals surface area contributed by atoms with Crippen LogP contribution >= 0.6 is 22.6 Å². The number of hydrogen-bond acceptors (Lipinski definition) is 2. The summed E-state index contributed by atoms with van der Waals surface area (Å²) in [4.78, 5) is 2.67. The maximum absolute atomic E-state index is 3.73. The lowest BCUT2D eigenvalue weighted by molar-refractivity contribution is 0.188. The molecule has 0 amide bonds. The molecule has 0 bridgehead atoms. The molecule has 3 heteroatoms. The van der Waals surface area contributed by atoms with Crippen molar-refractivity contribution in [3.05, 3.63) is 27.8 Å². The van der Waals surface area contributed by atoms with Gasteiger partial charge >= 0.3 is 0 Å². The highest BCUT2D eigenvalue weighted by atomic mass is 127. The van der Waals surface area contributed by atoms with Gasteiger partial charge in [0.25, 0.3) is 0 Å². The fraction of sp³-hybridized carbons (Fsp3) is 0.571. The molecule has 0 aromatic heterocycles. The summed E-state index contributed by atoms with van der Waals surface area (Å²) in [5, 5.41) is 3.73. The van der Waals surface area contributed by atoms with Crippen molar-refractivity contribution >= 4 is 28.3 Å². The SMILES string of the molecule is Ic1ccccc1NC1CCN2CCCC2C1. The molecule has 2 aliphatic rings. The van der Waals surface area contributed by atoms with Crippen molar-refractivity contribution in [3.8, 4) is 0 Å². The molecule has 2 aliphatic heterocycles. The molecule has 0 radical (unpaired) electrons. The van der Waals surface area contributed by atoms with Crippen LogP contribution in [0.25, 0.3) is 0 Å². The lowest BCUT2D eigenvalue weighted by Gasteiger charge is -2.35. The topological polar surface area (TPSA) is 15.3 Å². The van der Waals surface area contributed by atoms with Crippen LogP contribution in [0.1, 0.15) is 25.7 Å².